The number of hydrogen-bond donors (Lipinski definition) is 0. The molecular weight excluding hydrogens is 346 g/mol. The maximum absolute atomic E-state index is 6.09. The molecule has 0 radical (unpaired) electrons. The summed E-state index contributed by atoms with van der Waals surface area (Å²) in [6.07, 6.45) is 4.76. The second-order valence-corrected chi connectivity index (χ2v) is 6.87. The van der Waals surface area contributed by atoms with Crippen molar-refractivity contribution in [2.75, 3.05) is 33.4 Å². The molecule has 3 nitrogen and oxygen atoms in total. The van der Waals surface area contributed by atoms with Crippen molar-refractivity contribution >= 4 is 12.4 Å². The number of rotatable bonds is 8. The van der Waals surface area contributed by atoms with Crippen LogP contribution in [0, 0.1) is 0 Å². The lowest BCUT2D eigenvalue weighted by molar-refractivity contribution is -0.0404. The Labute approximate surface area is 163 Å². The van der Waals surface area contributed by atoms with Crippen molar-refractivity contribution in [1.82, 2.24) is 4.90 Å². The van der Waals surface area contributed by atoms with E-state index in [9.17, 15) is 0 Å². The Balaban J connectivity index is 0.00000243. The first kappa shape index (κ1) is 20.8. The van der Waals surface area contributed by atoms with Crippen molar-refractivity contribution in [3.63, 3.8) is 0 Å². The number of likely N-dealkylation sites (N-methyl/N-ethyl adjacent to an activating group) is 1. The van der Waals surface area contributed by atoms with Crippen molar-refractivity contribution < 1.29 is 9.47 Å². The van der Waals surface area contributed by atoms with Crippen molar-refractivity contribution in [2.45, 2.75) is 31.8 Å². The van der Waals surface area contributed by atoms with Gasteiger partial charge in [-0.3, -0.25) is 0 Å². The minimum atomic E-state index is 0. The summed E-state index contributed by atoms with van der Waals surface area (Å²) >= 11 is 0. The molecule has 3 rings (SSSR count). The van der Waals surface area contributed by atoms with E-state index in [1.807, 2.05) is 0 Å². The van der Waals surface area contributed by atoms with E-state index in [4.69, 9.17) is 9.47 Å². The molecular formula is C22H30ClNO2. The summed E-state index contributed by atoms with van der Waals surface area (Å²) < 4.78 is 11.9. The molecule has 1 fully saturated rings. The highest BCUT2D eigenvalue weighted by Gasteiger charge is 2.18. The molecule has 2 aromatic rings. The lowest BCUT2D eigenvalue weighted by Crippen LogP contribution is -2.42. The van der Waals surface area contributed by atoms with E-state index < -0.39 is 0 Å². The fraction of sp³-hybridized carbons (Fsp3) is 0.455. The van der Waals surface area contributed by atoms with Gasteiger partial charge in [-0.1, -0.05) is 48.5 Å². The van der Waals surface area contributed by atoms with Gasteiger partial charge in [-0.2, -0.15) is 0 Å². The standard InChI is InChI=1S/C22H29NO2.ClH/c1-23-15-16-24-21(17-23)18-25-22-14-8-7-13-20(22)12-6-5-11-19-9-3-2-4-10-19;/h2-4,7-10,13-14,21H,5-6,11-12,15-18H2,1H3;1H. The van der Waals surface area contributed by atoms with E-state index in [-0.39, 0.29) is 18.5 Å². The predicted molar refractivity (Wildman–Crippen MR) is 110 cm³/mol. The molecule has 0 aromatic heterocycles. The van der Waals surface area contributed by atoms with Gasteiger partial charge in [0.05, 0.1) is 6.61 Å². The smallest absolute Gasteiger partial charge is 0.122 e. The summed E-state index contributed by atoms with van der Waals surface area (Å²) in [4.78, 5) is 2.30. The van der Waals surface area contributed by atoms with Crippen LogP contribution in [-0.2, 0) is 17.6 Å². The van der Waals surface area contributed by atoms with Crippen LogP contribution in [0.3, 0.4) is 0 Å². The lowest BCUT2D eigenvalue weighted by atomic mass is 10.0. The molecule has 0 N–H and O–H groups in total. The highest BCUT2D eigenvalue weighted by atomic mass is 35.5. The van der Waals surface area contributed by atoms with Crippen LogP contribution < -0.4 is 4.74 Å². The molecule has 26 heavy (non-hydrogen) atoms. The van der Waals surface area contributed by atoms with E-state index in [1.54, 1.807) is 0 Å². The Bertz CT molecular complexity index is 635. The van der Waals surface area contributed by atoms with Crippen LogP contribution in [0.15, 0.2) is 54.6 Å². The zero-order chi connectivity index (χ0) is 17.3. The van der Waals surface area contributed by atoms with Crippen molar-refractivity contribution in [1.29, 1.82) is 0 Å². The second-order valence-electron chi connectivity index (χ2n) is 6.87. The second kappa shape index (κ2) is 11.2. The summed E-state index contributed by atoms with van der Waals surface area (Å²) in [7, 11) is 2.14. The Morgan fingerprint density at radius 1 is 1.00 bits per heavy atom. The number of ether oxygens (including phenoxy) is 2. The highest BCUT2D eigenvalue weighted by molar-refractivity contribution is 5.85. The summed E-state index contributed by atoms with van der Waals surface area (Å²) in [5.74, 6) is 1.01. The van der Waals surface area contributed by atoms with Crippen LogP contribution in [0.5, 0.6) is 5.75 Å². The van der Waals surface area contributed by atoms with Crippen molar-refractivity contribution in [3.8, 4) is 5.75 Å². The molecule has 0 bridgehead atoms. The maximum atomic E-state index is 6.09. The van der Waals surface area contributed by atoms with Gasteiger partial charge in [-0.25, -0.2) is 0 Å². The first-order valence-electron chi connectivity index (χ1n) is 9.36. The van der Waals surface area contributed by atoms with E-state index in [0.717, 1.165) is 38.3 Å². The summed E-state index contributed by atoms with van der Waals surface area (Å²) in [5.41, 5.74) is 2.73. The molecule has 4 heteroatoms. The minimum Gasteiger partial charge on any atom is -0.491 e. The zero-order valence-electron chi connectivity index (χ0n) is 15.6. The number of benzene rings is 2. The van der Waals surface area contributed by atoms with Gasteiger partial charge in [0.15, 0.2) is 0 Å². The molecule has 142 valence electrons. The fourth-order valence-corrected chi connectivity index (χ4v) is 3.29. The van der Waals surface area contributed by atoms with Crippen LogP contribution in [-0.4, -0.2) is 44.4 Å². The molecule has 0 amide bonds. The van der Waals surface area contributed by atoms with E-state index in [2.05, 4.69) is 66.5 Å². The summed E-state index contributed by atoms with van der Waals surface area (Å²) in [6.45, 7) is 3.38. The van der Waals surface area contributed by atoms with E-state index in [1.165, 1.54) is 24.0 Å². The topological polar surface area (TPSA) is 21.7 Å². The SMILES string of the molecule is CN1CCOC(COc2ccccc2CCCCc2ccccc2)C1.Cl. The molecule has 0 spiro atoms. The minimum absolute atomic E-state index is 0. The number of nitrogens with zero attached hydrogens (tertiary/aromatic N) is 1. The van der Waals surface area contributed by atoms with Gasteiger partial charge < -0.3 is 14.4 Å². The Morgan fingerprint density at radius 3 is 2.54 bits per heavy atom. The first-order chi connectivity index (χ1) is 12.3. The Kier molecular flexibility index (Phi) is 8.96. The van der Waals surface area contributed by atoms with Crippen molar-refractivity contribution in [3.05, 3.63) is 65.7 Å². The highest BCUT2D eigenvalue weighted by Crippen LogP contribution is 2.21. The third kappa shape index (κ3) is 6.64. The predicted octanol–water partition coefficient (Wildman–Crippen LogP) is 4.38. The van der Waals surface area contributed by atoms with Gasteiger partial charge in [-0.05, 0) is 49.9 Å². The van der Waals surface area contributed by atoms with Gasteiger partial charge in [-0.15, -0.1) is 12.4 Å². The van der Waals surface area contributed by atoms with Crippen LogP contribution >= 0.6 is 12.4 Å². The molecule has 0 aliphatic carbocycles. The average Bonchev–Trinajstić information content (AvgIpc) is 2.65. The number of hydrogen-bond acceptors (Lipinski definition) is 3. The van der Waals surface area contributed by atoms with Gasteiger partial charge in [0.25, 0.3) is 0 Å². The third-order valence-electron chi connectivity index (χ3n) is 4.74. The Hall–Kier alpha value is -1.55. The van der Waals surface area contributed by atoms with Crippen LogP contribution in [0.1, 0.15) is 24.0 Å². The van der Waals surface area contributed by atoms with Crippen LogP contribution in [0.25, 0.3) is 0 Å². The lowest BCUT2D eigenvalue weighted by Gasteiger charge is -2.30. The van der Waals surface area contributed by atoms with E-state index >= 15 is 0 Å². The molecule has 0 saturated carbocycles. The normalized spacial score (nSPS) is 17.5. The molecule has 1 heterocycles. The third-order valence-corrected chi connectivity index (χ3v) is 4.74. The molecule has 2 aromatic carbocycles. The summed E-state index contributed by atoms with van der Waals surface area (Å²) in [5, 5.41) is 0. The molecule has 1 unspecified atom stereocenters. The number of unbranched alkanes of at least 4 members (excludes halogenated alkanes) is 1. The van der Waals surface area contributed by atoms with Crippen LogP contribution in [0.4, 0.5) is 0 Å². The Morgan fingerprint density at radius 2 is 1.73 bits per heavy atom. The summed E-state index contributed by atoms with van der Waals surface area (Å²) in [6, 6.07) is 19.1. The number of aryl methyl sites for hydroxylation is 2. The van der Waals surface area contributed by atoms with Gasteiger partial charge in [0.2, 0.25) is 0 Å². The van der Waals surface area contributed by atoms with Gasteiger partial charge >= 0.3 is 0 Å². The van der Waals surface area contributed by atoms with Crippen LogP contribution in [0.2, 0.25) is 0 Å². The number of halogens is 1. The molecule has 1 saturated heterocycles. The van der Waals surface area contributed by atoms with E-state index in [0.29, 0.717) is 6.61 Å². The molecule has 1 aliphatic heterocycles. The molecule has 1 aliphatic rings. The zero-order valence-corrected chi connectivity index (χ0v) is 16.4. The van der Waals surface area contributed by atoms with Crippen molar-refractivity contribution in [2.24, 2.45) is 0 Å². The largest absolute Gasteiger partial charge is 0.491 e. The molecule has 1 atom stereocenters. The maximum Gasteiger partial charge on any atom is 0.122 e. The van der Waals surface area contributed by atoms with Gasteiger partial charge in [0, 0.05) is 13.1 Å². The monoisotopic (exact) mass is 375 g/mol. The number of morpholine rings is 1. The average molecular weight is 376 g/mol. The fourth-order valence-electron chi connectivity index (χ4n) is 3.29. The quantitative estimate of drug-likeness (QED) is 0.639. The van der Waals surface area contributed by atoms with Gasteiger partial charge in [0.1, 0.15) is 18.5 Å². The number of para-hydroxylation sites is 1. The first-order valence-corrected chi connectivity index (χ1v) is 9.36.